The Morgan fingerprint density at radius 1 is 0.966 bits per heavy atom. The Kier molecular flexibility index (Phi) is 4.81. The van der Waals surface area contributed by atoms with E-state index in [-0.39, 0.29) is 4.90 Å². The topological polar surface area (TPSA) is 99.8 Å². The van der Waals surface area contributed by atoms with Crippen LogP contribution in [0.1, 0.15) is 11.1 Å². The molecule has 2 aromatic heterocycles. The Balaban J connectivity index is 1.74. The number of hydrogen-bond donors (Lipinski definition) is 3. The fourth-order valence-electron chi connectivity index (χ4n) is 3.32. The second-order valence-corrected chi connectivity index (χ2v) is 8.79. The van der Waals surface area contributed by atoms with Gasteiger partial charge in [0.15, 0.2) is 0 Å². The van der Waals surface area contributed by atoms with Crippen LogP contribution in [0.2, 0.25) is 0 Å². The van der Waals surface area contributed by atoms with Gasteiger partial charge in [-0.05, 0) is 62.9 Å². The average Bonchev–Trinajstić information content (AvgIpc) is 3.13. The van der Waals surface area contributed by atoms with Crippen molar-refractivity contribution in [3.8, 4) is 11.3 Å². The second-order valence-electron chi connectivity index (χ2n) is 6.90. The number of benzene rings is 2. The number of nitrogens with one attached hydrogen (secondary N) is 3. The molecule has 0 aliphatic carbocycles. The molecule has 0 saturated carbocycles. The monoisotopic (exact) mass is 407 g/mol. The van der Waals surface area contributed by atoms with Crippen LogP contribution in [0.3, 0.4) is 0 Å². The first-order valence-electron chi connectivity index (χ1n) is 9.09. The van der Waals surface area contributed by atoms with Gasteiger partial charge in [-0.25, -0.2) is 23.1 Å². The number of nitrogens with zero attached hydrogens (tertiary/aromatic N) is 2. The van der Waals surface area contributed by atoms with Gasteiger partial charge < -0.3 is 10.3 Å². The number of sulfonamides is 1. The van der Waals surface area contributed by atoms with Gasteiger partial charge in [-0.1, -0.05) is 23.3 Å². The standard InChI is InChI=1S/C21H21N5O2S/c1-13-7-14(2)9-15(8-13)19-11-18-20(23-12-24-21(18)26-19)25-16-5-4-6-17(10-16)29(27,28)22-3/h4-12,22H,1-3H3,(H2,23,24,25,26). The fourth-order valence-corrected chi connectivity index (χ4v) is 4.10. The largest absolute Gasteiger partial charge is 0.340 e. The average molecular weight is 407 g/mol. The fraction of sp³-hybridized carbons (Fsp3) is 0.143. The lowest BCUT2D eigenvalue weighted by Crippen LogP contribution is -2.18. The predicted molar refractivity (Wildman–Crippen MR) is 115 cm³/mol. The van der Waals surface area contributed by atoms with Crippen molar-refractivity contribution >= 4 is 32.6 Å². The number of rotatable bonds is 5. The van der Waals surface area contributed by atoms with E-state index in [0.29, 0.717) is 17.2 Å². The van der Waals surface area contributed by atoms with Crippen LogP contribution in [0.25, 0.3) is 22.3 Å². The third kappa shape index (κ3) is 3.85. The van der Waals surface area contributed by atoms with Crippen molar-refractivity contribution < 1.29 is 8.42 Å². The third-order valence-corrected chi connectivity index (χ3v) is 6.05. The molecule has 0 unspecified atom stereocenters. The van der Waals surface area contributed by atoms with E-state index < -0.39 is 10.0 Å². The maximum absolute atomic E-state index is 12.1. The van der Waals surface area contributed by atoms with E-state index in [2.05, 4.69) is 57.0 Å². The summed E-state index contributed by atoms with van der Waals surface area (Å²) in [6, 6.07) is 14.9. The van der Waals surface area contributed by atoms with E-state index in [1.807, 2.05) is 6.07 Å². The van der Waals surface area contributed by atoms with Gasteiger partial charge in [0.05, 0.1) is 10.3 Å². The van der Waals surface area contributed by atoms with Crippen molar-refractivity contribution in [1.82, 2.24) is 19.7 Å². The highest BCUT2D eigenvalue weighted by atomic mass is 32.2. The Morgan fingerprint density at radius 2 is 1.72 bits per heavy atom. The van der Waals surface area contributed by atoms with Crippen LogP contribution >= 0.6 is 0 Å². The quantitative estimate of drug-likeness (QED) is 0.466. The lowest BCUT2D eigenvalue weighted by atomic mass is 10.1. The Hall–Kier alpha value is -3.23. The number of hydrogen-bond acceptors (Lipinski definition) is 5. The van der Waals surface area contributed by atoms with E-state index >= 15 is 0 Å². The van der Waals surface area contributed by atoms with Crippen LogP contribution in [-0.2, 0) is 10.0 Å². The molecular formula is C21H21N5O2S. The van der Waals surface area contributed by atoms with Crippen molar-refractivity contribution in [1.29, 1.82) is 0 Å². The van der Waals surface area contributed by atoms with E-state index in [9.17, 15) is 8.42 Å². The van der Waals surface area contributed by atoms with Gasteiger partial charge >= 0.3 is 0 Å². The molecule has 0 aliphatic heterocycles. The van der Waals surface area contributed by atoms with Gasteiger partial charge in [-0.15, -0.1) is 0 Å². The molecule has 0 bridgehead atoms. The van der Waals surface area contributed by atoms with Crippen LogP contribution in [0, 0.1) is 13.8 Å². The molecule has 4 rings (SSSR count). The van der Waals surface area contributed by atoms with Crippen LogP contribution in [-0.4, -0.2) is 30.4 Å². The first-order valence-corrected chi connectivity index (χ1v) is 10.6. The molecule has 0 spiro atoms. The summed E-state index contributed by atoms with van der Waals surface area (Å²) in [5, 5.41) is 4.03. The van der Waals surface area contributed by atoms with Crippen molar-refractivity contribution in [3.63, 3.8) is 0 Å². The maximum atomic E-state index is 12.1. The number of fused-ring (bicyclic) bond motifs is 1. The van der Waals surface area contributed by atoms with Crippen molar-refractivity contribution in [3.05, 3.63) is 66.0 Å². The lowest BCUT2D eigenvalue weighted by molar-refractivity contribution is 0.588. The SMILES string of the molecule is CNS(=O)(=O)c1cccc(Nc2ncnc3[nH]c(-c4cc(C)cc(C)c4)cc23)c1. The highest BCUT2D eigenvalue weighted by Gasteiger charge is 2.13. The molecule has 0 atom stereocenters. The van der Waals surface area contributed by atoms with Gasteiger partial charge in [-0.2, -0.15) is 0 Å². The van der Waals surface area contributed by atoms with Crippen molar-refractivity contribution in [2.24, 2.45) is 0 Å². The molecular weight excluding hydrogens is 386 g/mol. The summed E-state index contributed by atoms with van der Waals surface area (Å²) >= 11 is 0. The van der Waals surface area contributed by atoms with Crippen molar-refractivity contribution in [2.45, 2.75) is 18.7 Å². The predicted octanol–water partition coefficient (Wildman–Crippen LogP) is 3.89. The van der Waals surface area contributed by atoms with Crippen LogP contribution in [0.15, 0.2) is 59.8 Å². The Morgan fingerprint density at radius 3 is 2.45 bits per heavy atom. The summed E-state index contributed by atoms with van der Waals surface area (Å²) in [7, 11) is -2.14. The van der Waals surface area contributed by atoms with Crippen LogP contribution < -0.4 is 10.0 Å². The summed E-state index contributed by atoms with van der Waals surface area (Å²) in [6.07, 6.45) is 1.47. The molecule has 0 radical (unpaired) electrons. The van der Waals surface area contributed by atoms with Gasteiger partial charge in [0, 0.05) is 11.4 Å². The molecule has 0 fully saturated rings. The smallest absolute Gasteiger partial charge is 0.240 e. The number of aryl methyl sites for hydroxylation is 2. The first-order chi connectivity index (χ1) is 13.9. The Bertz CT molecular complexity index is 1290. The molecule has 0 saturated heterocycles. The maximum Gasteiger partial charge on any atom is 0.240 e. The minimum absolute atomic E-state index is 0.181. The molecule has 2 aromatic carbocycles. The molecule has 148 valence electrons. The van der Waals surface area contributed by atoms with Gasteiger partial charge in [0.1, 0.15) is 17.8 Å². The zero-order chi connectivity index (χ0) is 20.6. The summed E-state index contributed by atoms with van der Waals surface area (Å²) < 4.78 is 26.4. The molecule has 0 aliphatic rings. The van der Waals surface area contributed by atoms with E-state index in [0.717, 1.165) is 16.6 Å². The van der Waals surface area contributed by atoms with Crippen LogP contribution in [0.4, 0.5) is 11.5 Å². The van der Waals surface area contributed by atoms with Gasteiger partial charge in [-0.3, -0.25) is 0 Å². The molecule has 7 nitrogen and oxygen atoms in total. The van der Waals surface area contributed by atoms with Crippen LogP contribution in [0.5, 0.6) is 0 Å². The van der Waals surface area contributed by atoms with Gasteiger partial charge in [0.25, 0.3) is 0 Å². The van der Waals surface area contributed by atoms with E-state index in [1.54, 1.807) is 24.3 Å². The third-order valence-electron chi connectivity index (χ3n) is 4.63. The first kappa shape index (κ1) is 19.1. The number of anilines is 2. The molecule has 0 amide bonds. The molecule has 8 heteroatoms. The van der Waals surface area contributed by atoms with E-state index in [1.165, 1.54) is 24.5 Å². The molecule has 29 heavy (non-hydrogen) atoms. The second kappa shape index (κ2) is 7.31. The molecule has 2 heterocycles. The van der Waals surface area contributed by atoms with Gasteiger partial charge in [0.2, 0.25) is 10.0 Å². The number of aromatic nitrogens is 3. The summed E-state index contributed by atoms with van der Waals surface area (Å²) in [5.74, 6) is 0.598. The normalized spacial score (nSPS) is 11.7. The number of H-pyrrole nitrogens is 1. The van der Waals surface area contributed by atoms with E-state index in [4.69, 9.17) is 0 Å². The minimum Gasteiger partial charge on any atom is -0.340 e. The molecule has 4 aromatic rings. The summed E-state index contributed by atoms with van der Waals surface area (Å²) in [4.78, 5) is 12.2. The Labute approximate surface area is 169 Å². The zero-order valence-electron chi connectivity index (χ0n) is 16.3. The highest BCUT2D eigenvalue weighted by molar-refractivity contribution is 7.89. The number of aromatic amines is 1. The molecule has 3 N–H and O–H groups in total. The highest BCUT2D eigenvalue weighted by Crippen LogP contribution is 2.29. The summed E-state index contributed by atoms with van der Waals surface area (Å²) in [6.45, 7) is 4.14. The zero-order valence-corrected chi connectivity index (χ0v) is 17.1. The summed E-state index contributed by atoms with van der Waals surface area (Å²) in [5.41, 5.74) is 5.72. The lowest BCUT2D eigenvalue weighted by Gasteiger charge is -2.08. The van der Waals surface area contributed by atoms with Crippen molar-refractivity contribution in [2.75, 3.05) is 12.4 Å². The minimum atomic E-state index is -3.52.